The fourth-order valence-corrected chi connectivity index (χ4v) is 1.19. The number of ether oxygens (including phenoxy) is 1. The molecule has 0 bridgehead atoms. The Morgan fingerprint density at radius 3 is 2.82 bits per heavy atom. The molecule has 2 unspecified atom stereocenters. The van der Waals surface area contributed by atoms with E-state index in [-0.39, 0.29) is 11.7 Å². The molecular weight excluding hydrogens is 170 g/mol. The van der Waals surface area contributed by atoms with Gasteiger partial charge in [0.2, 0.25) is 0 Å². The Morgan fingerprint density at radius 2 is 2.45 bits per heavy atom. The van der Waals surface area contributed by atoms with Crippen molar-refractivity contribution in [2.45, 2.75) is 6.10 Å². The molecule has 1 amide bonds. The molecule has 5 nitrogen and oxygen atoms in total. The number of rotatable bonds is 1. The second-order valence-corrected chi connectivity index (χ2v) is 2.55. The minimum atomic E-state index is -0.949. The molecule has 0 aromatic rings. The molecule has 1 fully saturated rings. The molecule has 0 saturated carbocycles. The van der Waals surface area contributed by atoms with Gasteiger partial charge in [0.1, 0.15) is 18.6 Å². The molecule has 0 aromatic heterocycles. The lowest BCUT2D eigenvalue weighted by Gasteiger charge is -2.07. The van der Waals surface area contributed by atoms with E-state index in [1.54, 1.807) is 0 Å². The summed E-state index contributed by atoms with van der Waals surface area (Å²) in [6.45, 7) is 0.0108. The van der Waals surface area contributed by atoms with Gasteiger partial charge in [-0.3, -0.25) is 10.0 Å². The number of thiocarbonyl (C=S) groups is 1. The van der Waals surface area contributed by atoms with E-state index >= 15 is 0 Å². The zero-order valence-electron chi connectivity index (χ0n) is 5.48. The molecule has 11 heavy (non-hydrogen) atoms. The number of hydroxylamine groups is 1. The topological polar surface area (TPSA) is 78.8 Å². The summed E-state index contributed by atoms with van der Waals surface area (Å²) in [6.07, 6.45) is -0.949. The number of hydrogen-bond acceptors (Lipinski definition) is 5. The molecule has 1 rings (SSSR count). The number of hydrogen-bond donors (Lipinski definition) is 3. The van der Waals surface area contributed by atoms with Crippen molar-refractivity contribution in [1.82, 2.24) is 5.48 Å². The van der Waals surface area contributed by atoms with E-state index in [9.17, 15) is 4.79 Å². The minimum Gasteiger partial charge on any atom is -0.483 e. The molecule has 1 heterocycles. The van der Waals surface area contributed by atoms with Crippen LogP contribution in [0.3, 0.4) is 0 Å². The number of aliphatic hydroxyl groups excluding tert-OH is 1. The smallest absolute Gasteiger partial charge is 0.257 e. The minimum absolute atomic E-state index is 0.0108. The predicted molar refractivity (Wildman–Crippen MR) is 38.0 cm³/mol. The van der Waals surface area contributed by atoms with E-state index in [2.05, 4.69) is 12.2 Å². The maximum atomic E-state index is 10.7. The molecular formula is C5H7NO4S. The van der Waals surface area contributed by atoms with Crippen molar-refractivity contribution in [3.8, 4) is 0 Å². The first-order valence-electron chi connectivity index (χ1n) is 2.95. The van der Waals surface area contributed by atoms with Gasteiger partial charge in [0.25, 0.3) is 5.91 Å². The molecule has 1 aliphatic rings. The highest BCUT2D eigenvalue weighted by atomic mass is 32.1. The number of carbonyl (C=O) groups is 1. The van der Waals surface area contributed by atoms with E-state index < -0.39 is 17.9 Å². The van der Waals surface area contributed by atoms with Crippen molar-refractivity contribution in [3.63, 3.8) is 0 Å². The van der Waals surface area contributed by atoms with Crippen LogP contribution in [-0.2, 0) is 9.53 Å². The molecule has 0 aromatic carbocycles. The monoisotopic (exact) mass is 177 g/mol. The first kappa shape index (κ1) is 8.38. The summed E-state index contributed by atoms with van der Waals surface area (Å²) in [5.41, 5.74) is 1.40. The molecule has 1 aliphatic heterocycles. The SMILES string of the molecule is O=C(NO)C1C(=S)OCC1O. The number of aliphatic hydroxyl groups is 1. The molecule has 0 spiro atoms. The maximum absolute atomic E-state index is 10.7. The number of amides is 1. The van der Waals surface area contributed by atoms with Crippen LogP contribution in [0.15, 0.2) is 0 Å². The lowest BCUT2D eigenvalue weighted by atomic mass is 10.1. The van der Waals surface area contributed by atoms with Crippen LogP contribution in [0, 0.1) is 5.92 Å². The van der Waals surface area contributed by atoms with E-state index in [1.807, 2.05) is 0 Å². The maximum Gasteiger partial charge on any atom is 0.257 e. The van der Waals surface area contributed by atoms with Gasteiger partial charge in [-0.05, 0) is 12.2 Å². The van der Waals surface area contributed by atoms with Crippen LogP contribution >= 0.6 is 12.2 Å². The van der Waals surface area contributed by atoms with Crippen LogP contribution in [0.4, 0.5) is 0 Å². The second-order valence-electron chi connectivity index (χ2n) is 2.15. The van der Waals surface area contributed by atoms with Crippen molar-refractivity contribution < 1.29 is 19.8 Å². The third-order valence-electron chi connectivity index (χ3n) is 1.43. The average Bonchev–Trinajstić information content (AvgIpc) is 2.30. The third kappa shape index (κ3) is 1.47. The standard InChI is InChI=1S/C5H7NO4S/c7-2-1-10-5(11)3(2)4(8)6-9/h2-3,7,9H,1H2,(H,6,8). The van der Waals surface area contributed by atoms with Crippen molar-refractivity contribution in [2.75, 3.05) is 6.61 Å². The van der Waals surface area contributed by atoms with Gasteiger partial charge in [-0.15, -0.1) is 0 Å². The van der Waals surface area contributed by atoms with Crippen LogP contribution in [0.2, 0.25) is 0 Å². The molecule has 3 N–H and O–H groups in total. The Labute approximate surface area is 67.9 Å². The summed E-state index contributed by atoms with van der Waals surface area (Å²) in [6, 6.07) is 0. The lowest BCUT2D eigenvalue weighted by molar-refractivity contribution is -0.133. The zero-order chi connectivity index (χ0) is 8.43. The largest absolute Gasteiger partial charge is 0.483 e. The molecule has 0 radical (unpaired) electrons. The van der Waals surface area contributed by atoms with Crippen LogP contribution in [-0.4, -0.2) is 34.0 Å². The molecule has 1 saturated heterocycles. The molecule has 62 valence electrons. The number of carbonyl (C=O) groups excluding carboxylic acids is 1. The fraction of sp³-hybridized carbons (Fsp3) is 0.600. The van der Waals surface area contributed by atoms with Gasteiger partial charge in [-0.1, -0.05) is 0 Å². The van der Waals surface area contributed by atoms with Crippen LogP contribution in [0.1, 0.15) is 0 Å². The van der Waals surface area contributed by atoms with Crippen LogP contribution < -0.4 is 5.48 Å². The van der Waals surface area contributed by atoms with Crippen LogP contribution in [0.25, 0.3) is 0 Å². The Morgan fingerprint density at radius 1 is 1.82 bits per heavy atom. The van der Waals surface area contributed by atoms with Gasteiger partial charge < -0.3 is 9.84 Å². The molecule has 2 atom stereocenters. The quantitative estimate of drug-likeness (QED) is 0.267. The molecule has 0 aliphatic carbocycles. The van der Waals surface area contributed by atoms with Crippen molar-refractivity contribution in [1.29, 1.82) is 0 Å². The van der Waals surface area contributed by atoms with Gasteiger partial charge in [0, 0.05) is 0 Å². The van der Waals surface area contributed by atoms with Crippen molar-refractivity contribution in [3.05, 3.63) is 0 Å². The normalized spacial score (nSPS) is 29.8. The highest BCUT2D eigenvalue weighted by Crippen LogP contribution is 2.16. The summed E-state index contributed by atoms with van der Waals surface area (Å²) in [5.74, 6) is -1.66. The summed E-state index contributed by atoms with van der Waals surface area (Å²) in [7, 11) is 0. The summed E-state index contributed by atoms with van der Waals surface area (Å²) >= 11 is 4.61. The molecule has 6 heteroatoms. The lowest BCUT2D eigenvalue weighted by Crippen LogP contribution is -2.36. The van der Waals surface area contributed by atoms with E-state index in [0.717, 1.165) is 0 Å². The van der Waals surface area contributed by atoms with Crippen LogP contribution in [0.5, 0.6) is 0 Å². The van der Waals surface area contributed by atoms with Crippen molar-refractivity contribution >= 4 is 23.2 Å². The summed E-state index contributed by atoms with van der Waals surface area (Å²) in [5, 5.41) is 17.3. The van der Waals surface area contributed by atoms with Gasteiger partial charge >= 0.3 is 0 Å². The summed E-state index contributed by atoms with van der Waals surface area (Å²) in [4.78, 5) is 10.7. The number of nitrogens with one attached hydrogen (secondary N) is 1. The van der Waals surface area contributed by atoms with Crippen molar-refractivity contribution in [2.24, 2.45) is 5.92 Å². The van der Waals surface area contributed by atoms with E-state index in [0.29, 0.717) is 0 Å². The summed E-state index contributed by atoms with van der Waals surface area (Å²) < 4.78 is 4.71. The third-order valence-corrected chi connectivity index (χ3v) is 1.80. The van der Waals surface area contributed by atoms with Gasteiger partial charge in [0.05, 0.1) is 0 Å². The zero-order valence-corrected chi connectivity index (χ0v) is 6.30. The van der Waals surface area contributed by atoms with Gasteiger partial charge in [-0.2, -0.15) is 0 Å². The first-order chi connectivity index (χ1) is 5.16. The Balaban J connectivity index is 2.68. The van der Waals surface area contributed by atoms with Gasteiger partial charge in [-0.25, -0.2) is 5.48 Å². The average molecular weight is 177 g/mol. The van der Waals surface area contributed by atoms with Gasteiger partial charge in [0.15, 0.2) is 5.05 Å². The predicted octanol–water partition coefficient (Wildman–Crippen LogP) is -1.17. The first-order valence-corrected chi connectivity index (χ1v) is 3.36. The Bertz CT molecular complexity index is 195. The Kier molecular flexibility index (Phi) is 2.38. The van der Waals surface area contributed by atoms with E-state index in [1.165, 1.54) is 5.48 Å². The highest BCUT2D eigenvalue weighted by molar-refractivity contribution is 7.80. The highest BCUT2D eigenvalue weighted by Gasteiger charge is 2.38. The Hall–Kier alpha value is -0.720. The van der Waals surface area contributed by atoms with E-state index in [4.69, 9.17) is 15.1 Å². The second kappa shape index (κ2) is 3.12. The fourth-order valence-electron chi connectivity index (χ4n) is 0.862.